The second-order valence-corrected chi connectivity index (χ2v) is 9.63. The maximum Gasteiger partial charge on any atom is 0.274 e. The van der Waals surface area contributed by atoms with Gasteiger partial charge in [0.2, 0.25) is 0 Å². The van der Waals surface area contributed by atoms with Gasteiger partial charge in [-0.3, -0.25) is 4.79 Å². The van der Waals surface area contributed by atoms with E-state index in [0.29, 0.717) is 15.4 Å². The predicted molar refractivity (Wildman–Crippen MR) is 139 cm³/mol. The van der Waals surface area contributed by atoms with Gasteiger partial charge in [-0.05, 0) is 41.8 Å². The number of hydrogen-bond acceptors (Lipinski definition) is 4. The van der Waals surface area contributed by atoms with Gasteiger partial charge in [0.1, 0.15) is 0 Å². The van der Waals surface area contributed by atoms with Crippen LogP contribution in [0.2, 0.25) is 0 Å². The molecule has 6 heteroatoms. The van der Waals surface area contributed by atoms with Gasteiger partial charge in [-0.15, -0.1) is 0 Å². The number of benzene rings is 3. The van der Waals surface area contributed by atoms with Gasteiger partial charge < -0.3 is 0 Å². The number of hydrogen-bond donors (Lipinski definition) is 0. The lowest BCUT2D eigenvalue weighted by Gasteiger charge is -2.06. The van der Waals surface area contributed by atoms with Crippen molar-refractivity contribution in [1.29, 1.82) is 0 Å². The Hall–Kier alpha value is -4.03. The highest BCUT2D eigenvalue weighted by atomic mass is 32.1. The summed E-state index contributed by atoms with van der Waals surface area (Å²) in [4.78, 5) is 18.7. The van der Waals surface area contributed by atoms with Crippen molar-refractivity contribution >= 4 is 33.4 Å². The molecule has 0 aliphatic carbocycles. The SMILES string of the molecule is CC(C)c1ccc(-c2nn(-c3ccccc3)cc2C=c2sc3nc4ccccc4n3c2=O)cc1. The number of rotatable bonds is 4. The molecule has 0 unspecified atom stereocenters. The van der Waals surface area contributed by atoms with E-state index in [9.17, 15) is 4.79 Å². The van der Waals surface area contributed by atoms with E-state index >= 15 is 0 Å². The van der Waals surface area contributed by atoms with E-state index in [2.05, 4.69) is 43.1 Å². The van der Waals surface area contributed by atoms with Crippen LogP contribution in [0.1, 0.15) is 30.9 Å². The zero-order chi connectivity index (χ0) is 23.2. The second kappa shape index (κ2) is 8.08. The fourth-order valence-electron chi connectivity index (χ4n) is 4.21. The third kappa shape index (κ3) is 3.43. The minimum atomic E-state index is -0.0535. The van der Waals surface area contributed by atoms with Crippen LogP contribution in [0.5, 0.6) is 0 Å². The summed E-state index contributed by atoms with van der Waals surface area (Å²) in [5.41, 5.74) is 6.62. The van der Waals surface area contributed by atoms with Crippen LogP contribution in [0.15, 0.2) is 89.9 Å². The van der Waals surface area contributed by atoms with Crippen LogP contribution < -0.4 is 10.1 Å². The van der Waals surface area contributed by atoms with Crippen molar-refractivity contribution in [2.45, 2.75) is 19.8 Å². The molecule has 0 bridgehead atoms. The van der Waals surface area contributed by atoms with Crippen LogP contribution in [0.3, 0.4) is 0 Å². The number of nitrogens with zero attached hydrogens (tertiary/aromatic N) is 4. The summed E-state index contributed by atoms with van der Waals surface area (Å²) in [6.45, 7) is 4.37. The van der Waals surface area contributed by atoms with Gasteiger partial charge in [0.15, 0.2) is 4.96 Å². The Bertz CT molecular complexity index is 1740. The van der Waals surface area contributed by atoms with Gasteiger partial charge in [-0.2, -0.15) is 5.10 Å². The van der Waals surface area contributed by atoms with Crippen LogP contribution in [0.4, 0.5) is 0 Å². The minimum absolute atomic E-state index is 0.0535. The number of para-hydroxylation sites is 3. The molecule has 0 aliphatic rings. The highest BCUT2D eigenvalue weighted by molar-refractivity contribution is 7.15. The Morgan fingerprint density at radius 3 is 2.41 bits per heavy atom. The molecule has 0 spiro atoms. The molecule has 0 fully saturated rings. The Balaban J connectivity index is 1.55. The molecule has 0 radical (unpaired) electrons. The van der Waals surface area contributed by atoms with Crippen LogP contribution in [0.25, 0.3) is 39.0 Å². The summed E-state index contributed by atoms with van der Waals surface area (Å²) in [5, 5.41) is 4.91. The Kier molecular flexibility index (Phi) is 4.89. The van der Waals surface area contributed by atoms with Gasteiger partial charge in [0, 0.05) is 17.3 Å². The maximum absolute atomic E-state index is 13.3. The molecular weight excluding hydrogens is 440 g/mol. The van der Waals surface area contributed by atoms with E-state index < -0.39 is 0 Å². The highest BCUT2D eigenvalue weighted by Crippen LogP contribution is 2.26. The monoisotopic (exact) mass is 462 g/mol. The molecule has 6 rings (SSSR count). The highest BCUT2D eigenvalue weighted by Gasteiger charge is 2.14. The largest absolute Gasteiger partial charge is 0.274 e. The molecule has 0 atom stereocenters. The smallest absolute Gasteiger partial charge is 0.267 e. The molecule has 5 nitrogen and oxygen atoms in total. The first kappa shape index (κ1) is 20.6. The Morgan fingerprint density at radius 1 is 0.912 bits per heavy atom. The topological polar surface area (TPSA) is 52.2 Å². The van der Waals surface area contributed by atoms with Crippen molar-refractivity contribution in [3.05, 3.63) is 111 Å². The summed E-state index contributed by atoms with van der Waals surface area (Å²) in [7, 11) is 0. The van der Waals surface area contributed by atoms with Gasteiger partial charge in [0.25, 0.3) is 5.56 Å². The standard InChI is InChI=1S/C28H22N4OS/c1-18(2)19-12-14-20(15-13-19)26-21(17-31(30-26)22-8-4-3-5-9-22)16-25-27(33)32-24-11-7-6-10-23(24)29-28(32)34-25/h3-18H,1-2H3. The minimum Gasteiger partial charge on any atom is -0.267 e. The average Bonchev–Trinajstić information content (AvgIpc) is 3.53. The van der Waals surface area contributed by atoms with Crippen LogP contribution >= 0.6 is 11.3 Å². The summed E-state index contributed by atoms with van der Waals surface area (Å²) >= 11 is 1.41. The van der Waals surface area contributed by atoms with Crippen molar-refractivity contribution in [1.82, 2.24) is 19.2 Å². The Labute approximate surface area is 200 Å². The summed E-state index contributed by atoms with van der Waals surface area (Å²) in [6.07, 6.45) is 3.93. The number of fused-ring (bicyclic) bond motifs is 3. The van der Waals surface area contributed by atoms with Crippen molar-refractivity contribution in [2.24, 2.45) is 0 Å². The molecule has 0 N–H and O–H groups in total. The molecule has 0 amide bonds. The van der Waals surface area contributed by atoms with Gasteiger partial charge in [0.05, 0.1) is 26.9 Å². The van der Waals surface area contributed by atoms with Crippen LogP contribution in [-0.4, -0.2) is 19.2 Å². The fraction of sp³-hybridized carbons (Fsp3) is 0.107. The Morgan fingerprint density at radius 2 is 1.65 bits per heavy atom. The summed E-state index contributed by atoms with van der Waals surface area (Å²) in [5.74, 6) is 0.460. The average molecular weight is 463 g/mol. The van der Waals surface area contributed by atoms with E-state index in [1.807, 2.05) is 71.6 Å². The molecule has 166 valence electrons. The van der Waals surface area contributed by atoms with Crippen molar-refractivity contribution in [3.8, 4) is 16.9 Å². The number of aromatic nitrogens is 4. The van der Waals surface area contributed by atoms with Crippen molar-refractivity contribution in [2.75, 3.05) is 0 Å². The number of imidazole rings is 1. The summed E-state index contributed by atoms with van der Waals surface area (Å²) in [6, 6.07) is 26.3. The lowest BCUT2D eigenvalue weighted by Crippen LogP contribution is -2.22. The fourth-order valence-corrected chi connectivity index (χ4v) is 5.19. The molecule has 3 heterocycles. The van der Waals surface area contributed by atoms with Gasteiger partial charge >= 0.3 is 0 Å². The van der Waals surface area contributed by atoms with Crippen molar-refractivity contribution < 1.29 is 0 Å². The molecule has 34 heavy (non-hydrogen) atoms. The predicted octanol–water partition coefficient (Wildman–Crippen LogP) is 5.43. The lowest BCUT2D eigenvalue weighted by molar-refractivity contribution is 0.866. The maximum atomic E-state index is 13.3. The summed E-state index contributed by atoms with van der Waals surface area (Å²) < 4.78 is 4.21. The van der Waals surface area contributed by atoms with Crippen LogP contribution in [0, 0.1) is 0 Å². The van der Waals surface area contributed by atoms with Crippen LogP contribution in [-0.2, 0) is 0 Å². The van der Waals surface area contributed by atoms with E-state index in [1.54, 1.807) is 4.40 Å². The third-order valence-corrected chi connectivity index (χ3v) is 7.01. The quantitative estimate of drug-likeness (QED) is 0.351. The first-order chi connectivity index (χ1) is 16.6. The third-order valence-electron chi connectivity index (χ3n) is 6.05. The van der Waals surface area contributed by atoms with E-state index in [0.717, 1.165) is 33.5 Å². The van der Waals surface area contributed by atoms with E-state index in [4.69, 9.17) is 5.10 Å². The molecule has 3 aromatic carbocycles. The van der Waals surface area contributed by atoms with Gasteiger partial charge in [-0.1, -0.05) is 79.8 Å². The molecule has 0 saturated heterocycles. The number of thiazole rings is 1. The van der Waals surface area contributed by atoms with Gasteiger partial charge in [-0.25, -0.2) is 14.1 Å². The normalized spacial score (nSPS) is 12.4. The second-order valence-electron chi connectivity index (χ2n) is 8.62. The zero-order valence-electron chi connectivity index (χ0n) is 18.8. The lowest BCUT2D eigenvalue weighted by atomic mass is 10.00. The molecule has 0 aliphatic heterocycles. The molecule has 3 aromatic heterocycles. The van der Waals surface area contributed by atoms with E-state index in [1.165, 1.54) is 16.9 Å². The molecular formula is C28H22N4OS. The molecule has 0 saturated carbocycles. The first-order valence-corrected chi connectivity index (χ1v) is 12.1. The van der Waals surface area contributed by atoms with Crippen molar-refractivity contribution in [3.63, 3.8) is 0 Å². The first-order valence-electron chi connectivity index (χ1n) is 11.3. The molecule has 6 aromatic rings. The zero-order valence-corrected chi connectivity index (χ0v) is 19.7. The van der Waals surface area contributed by atoms with E-state index in [-0.39, 0.29) is 5.56 Å².